The molecule has 0 unspecified atom stereocenters. The van der Waals surface area contributed by atoms with E-state index in [9.17, 15) is 22.4 Å². The van der Waals surface area contributed by atoms with Crippen molar-refractivity contribution in [2.75, 3.05) is 10.8 Å². The number of carbonyl (C=O) groups is 2. The van der Waals surface area contributed by atoms with Gasteiger partial charge in [-0.05, 0) is 62.2 Å². The van der Waals surface area contributed by atoms with Gasteiger partial charge in [-0.25, -0.2) is 12.8 Å². The molecule has 0 spiro atoms. The number of rotatable bonds is 10. The standard InChI is InChI=1S/C29H31ClFN3O4S/c1-21(29(36)32-24-10-6-7-11-24)33(19-22-9-5-8-14-27(22)31)28(35)20-34(25-17-15-23(30)16-18-25)39(37,38)26-12-3-2-4-13-26/h2-5,8-9,12-18,21,24H,6-7,10-11,19-20H2,1H3,(H,32,36)/t21-/m1/s1. The Balaban J connectivity index is 1.68. The van der Waals surface area contributed by atoms with Gasteiger partial charge in [-0.15, -0.1) is 0 Å². The van der Waals surface area contributed by atoms with Crippen molar-refractivity contribution < 1.29 is 22.4 Å². The quantitative estimate of drug-likeness (QED) is 0.365. The molecule has 0 aliphatic heterocycles. The molecule has 0 aromatic heterocycles. The fourth-order valence-corrected chi connectivity index (χ4v) is 6.20. The maximum Gasteiger partial charge on any atom is 0.264 e. The summed E-state index contributed by atoms with van der Waals surface area (Å²) in [6.07, 6.45) is 3.76. The first kappa shape index (κ1) is 28.6. The number of anilines is 1. The van der Waals surface area contributed by atoms with Gasteiger partial charge >= 0.3 is 0 Å². The van der Waals surface area contributed by atoms with E-state index in [-0.39, 0.29) is 34.6 Å². The van der Waals surface area contributed by atoms with Crippen LogP contribution in [0.4, 0.5) is 10.1 Å². The van der Waals surface area contributed by atoms with Gasteiger partial charge in [0.25, 0.3) is 10.0 Å². The van der Waals surface area contributed by atoms with E-state index in [1.807, 2.05) is 0 Å². The number of nitrogens with one attached hydrogen (secondary N) is 1. The Hall–Kier alpha value is -3.43. The highest BCUT2D eigenvalue weighted by Crippen LogP contribution is 2.26. The van der Waals surface area contributed by atoms with E-state index in [2.05, 4.69) is 5.32 Å². The molecule has 1 aliphatic rings. The Labute approximate surface area is 233 Å². The van der Waals surface area contributed by atoms with Crippen LogP contribution in [0.2, 0.25) is 5.02 Å². The molecule has 4 rings (SSSR count). The van der Waals surface area contributed by atoms with Gasteiger partial charge < -0.3 is 10.2 Å². The Kier molecular flexibility index (Phi) is 9.24. The predicted molar refractivity (Wildman–Crippen MR) is 149 cm³/mol. The summed E-state index contributed by atoms with van der Waals surface area (Å²) < 4.78 is 43.0. The first-order chi connectivity index (χ1) is 18.7. The van der Waals surface area contributed by atoms with Gasteiger partial charge in [0.05, 0.1) is 10.6 Å². The van der Waals surface area contributed by atoms with Gasteiger partial charge in [-0.2, -0.15) is 0 Å². The summed E-state index contributed by atoms with van der Waals surface area (Å²) in [5.41, 5.74) is 0.445. The summed E-state index contributed by atoms with van der Waals surface area (Å²) in [5.74, 6) is -1.54. The minimum Gasteiger partial charge on any atom is -0.352 e. The zero-order valence-electron chi connectivity index (χ0n) is 21.6. The van der Waals surface area contributed by atoms with Gasteiger partial charge in [0.15, 0.2) is 0 Å². The molecule has 206 valence electrons. The van der Waals surface area contributed by atoms with Crippen LogP contribution in [0.25, 0.3) is 0 Å². The largest absolute Gasteiger partial charge is 0.352 e. The molecule has 0 saturated heterocycles. The van der Waals surface area contributed by atoms with E-state index in [4.69, 9.17) is 11.6 Å². The number of benzene rings is 3. The molecule has 1 N–H and O–H groups in total. The SMILES string of the molecule is C[C@H](C(=O)NC1CCCC1)N(Cc1ccccc1F)C(=O)CN(c1ccc(Cl)cc1)S(=O)(=O)c1ccccc1. The van der Waals surface area contributed by atoms with E-state index in [1.165, 1.54) is 59.5 Å². The van der Waals surface area contributed by atoms with Gasteiger partial charge in [0.1, 0.15) is 18.4 Å². The molecule has 1 fully saturated rings. The van der Waals surface area contributed by atoms with Crippen molar-refractivity contribution in [1.82, 2.24) is 10.2 Å². The summed E-state index contributed by atoms with van der Waals surface area (Å²) >= 11 is 6.03. The fraction of sp³-hybridized carbons (Fsp3) is 0.310. The summed E-state index contributed by atoms with van der Waals surface area (Å²) in [7, 11) is -4.17. The maximum atomic E-state index is 14.6. The van der Waals surface area contributed by atoms with Crippen LogP contribution in [0.3, 0.4) is 0 Å². The van der Waals surface area contributed by atoms with E-state index in [0.29, 0.717) is 5.02 Å². The van der Waals surface area contributed by atoms with E-state index >= 15 is 0 Å². The Bertz CT molecular complexity index is 1400. The molecule has 0 heterocycles. The molecule has 0 radical (unpaired) electrons. The Morgan fingerprint density at radius 1 is 0.974 bits per heavy atom. The molecule has 2 amide bonds. The molecule has 10 heteroatoms. The van der Waals surface area contributed by atoms with Crippen LogP contribution in [0.15, 0.2) is 83.8 Å². The minimum atomic E-state index is -4.17. The highest BCUT2D eigenvalue weighted by molar-refractivity contribution is 7.92. The highest BCUT2D eigenvalue weighted by atomic mass is 35.5. The van der Waals surface area contributed by atoms with E-state index < -0.39 is 34.3 Å². The monoisotopic (exact) mass is 571 g/mol. The third-order valence-corrected chi connectivity index (χ3v) is 8.93. The average Bonchev–Trinajstić information content (AvgIpc) is 3.45. The van der Waals surface area contributed by atoms with Gasteiger partial charge in [0, 0.05) is 23.2 Å². The van der Waals surface area contributed by atoms with Crippen LogP contribution >= 0.6 is 11.6 Å². The zero-order valence-corrected chi connectivity index (χ0v) is 23.2. The van der Waals surface area contributed by atoms with Crippen LogP contribution in [0.1, 0.15) is 38.2 Å². The fourth-order valence-electron chi connectivity index (χ4n) is 4.64. The third-order valence-electron chi connectivity index (χ3n) is 6.89. The molecule has 0 bridgehead atoms. The molecule has 7 nitrogen and oxygen atoms in total. The first-order valence-corrected chi connectivity index (χ1v) is 14.6. The van der Waals surface area contributed by atoms with Crippen LogP contribution in [-0.2, 0) is 26.2 Å². The highest BCUT2D eigenvalue weighted by Gasteiger charge is 2.33. The second-order valence-electron chi connectivity index (χ2n) is 9.58. The van der Waals surface area contributed by atoms with Crippen molar-refractivity contribution in [1.29, 1.82) is 0 Å². The number of amides is 2. The second kappa shape index (κ2) is 12.6. The lowest BCUT2D eigenvalue weighted by molar-refractivity contribution is -0.139. The average molecular weight is 572 g/mol. The normalized spacial score (nSPS) is 14.5. The smallest absolute Gasteiger partial charge is 0.264 e. The molecular weight excluding hydrogens is 541 g/mol. The topological polar surface area (TPSA) is 86.8 Å². The van der Waals surface area contributed by atoms with E-state index in [0.717, 1.165) is 30.0 Å². The summed E-state index contributed by atoms with van der Waals surface area (Å²) in [5, 5.41) is 3.39. The predicted octanol–water partition coefficient (Wildman–Crippen LogP) is 5.15. The third kappa shape index (κ3) is 6.96. The van der Waals surface area contributed by atoms with Crippen molar-refractivity contribution in [2.24, 2.45) is 0 Å². The van der Waals surface area contributed by atoms with Gasteiger partial charge in [-0.1, -0.05) is 60.8 Å². The lowest BCUT2D eigenvalue weighted by Crippen LogP contribution is -2.52. The minimum absolute atomic E-state index is 0.000397. The maximum absolute atomic E-state index is 14.6. The van der Waals surface area contributed by atoms with Gasteiger partial charge in [-0.3, -0.25) is 13.9 Å². The van der Waals surface area contributed by atoms with Crippen LogP contribution in [0.5, 0.6) is 0 Å². The summed E-state index contributed by atoms with van der Waals surface area (Å²) in [6.45, 7) is 0.764. The molecular formula is C29H31ClFN3O4S. The molecule has 1 aliphatic carbocycles. The number of halogens is 2. The van der Waals surface area contributed by atoms with Crippen molar-refractivity contribution in [3.8, 4) is 0 Å². The van der Waals surface area contributed by atoms with Crippen LogP contribution < -0.4 is 9.62 Å². The van der Waals surface area contributed by atoms with Crippen molar-refractivity contribution in [3.05, 3.63) is 95.3 Å². The molecule has 39 heavy (non-hydrogen) atoms. The number of sulfonamides is 1. The van der Waals surface area contributed by atoms with Crippen molar-refractivity contribution in [2.45, 2.75) is 56.1 Å². The number of hydrogen-bond donors (Lipinski definition) is 1. The van der Waals surface area contributed by atoms with Gasteiger partial charge in [0.2, 0.25) is 11.8 Å². The molecule has 1 atom stereocenters. The van der Waals surface area contributed by atoms with Crippen molar-refractivity contribution >= 4 is 39.1 Å². The molecule has 3 aromatic carbocycles. The lowest BCUT2D eigenvalue weighted by atomic mass is 10.1. The summed E-state index contributed by atoms with van der Waals surface area (Å²) in [6, 6.07) is 18.9. The van der Waals surface area contributed by atoms with E-state index in [1.54, 1.807) is 31.2 Å². The van der Waals surface area contributed by atoms with Crippen LogP contribution in [0, 0.1) is 5.82 Å². The summed E-state index contributed by atoms with van der Waals surface area (Å²) in [4.78, 5) is 28.3. The lowest BCUT2D eigenvalue weighted by Gasteiger charge is -2.32. The first-order valence-electron chi connectivity index (χ1n) is 12.8. The molecule has 3 aromatic rings. The van der Waals surface area contributed by atoms with Crippen molar-refractivity contribution in [3.63, 3.8) is 0 Å². The number of nitrogens with zero attached hydrogens (tertiary/aromatic N) is 2. The Morgan fingerprint density at radius 3 is 2.23 bits per heavy atom. The number of hydrogen-bond acceptors (Lipinski definition) is 4. The Morgan fingerprint density at radius 2 is 1.59 bits per heavy atom. The molecule has 1 saturated carbocycles. The second-order valence-corrected chi connectivity index (χ2v) is 11.9. The van der Waals surface area contributed by atoms with Crippen LogP contribution in [-0.4, -0.2) is 43.8 Å². The number of carbonyl (C=O) groups excluding carboxylic acids is 2. The zero-order chi connectivity index (χ0) is 28.0.